The topological polar surface area (TPSA) is 38.5 Å². The maximum atomic E-state index is 5.74. The van der Waals surface area contributed by atoms with Gasteiger partial charge in [0.05, 0.1) is 0 Å². The molecule has 0 radical (unpaired) electrons. The molecule has 0 aliphatic heterocycles. The van der Waals surface area contributed by atoms with E-state index in [1.807, 2.05) is 24.3 Å². The summed E-state index contributed by atoms with van der Waals surface area (Å²) in [6.45, 7) is 8.37. The van der Waals surface area contributed by atoms with Crippen molar-refractivity contribution in [3.8, 4) is 5.75 Å². The zero-order chi connectivity index (χ0) is 14.1. The van der Waals surface area contributed by atoms with Crippen LogP contribution in [0, 0.1) is 0 Å². The van der Waals surface area contributed by atoms with Crippen molar-refractivity contribution in [1.82, 2.24) is 4.90 Å². The Bertz CT molecular complexity index is 372. The second-order valence-corrected chi connectivity index (χ2v) is 5.02. The quantitative estimate of drug-likeness (QED) is 0.706. The number of benzene rings is 1. The van der Waals surface area contributed by atoms with E-state index in [1.54, 1.807) is 0 Å². The van der Waals surface area contributed by atoms with Crippen LogP contribution in [0.25, 0.3) is 0 Å². The van der Waals surface area contributed by atoms with Crippen molar-refractivity contribution in [3.05, 3.63) is 29.8 Å². The third-order valence-electron chi connectivity index (χ3n) is 2.89. The molecular formula is C15H24N2OS. The van der Waals surface area contributed by atoms with Crippen LogP contribution < -0.4 is 10.5 Å². The van der Waals surface area contributed by atoms with Gasteiger partial charge in [0.2, 0.25) is 0 Å². The summed E-state index contributed by atoms with van der Waals surface area (Å²) in [5, 5.41) is 0. The van der Waals surface area contributed by atoms with Crippen LogP contribution in [0.1, 0.15) is 32.3 Å². The lowest BCUT2D eigenvalue weighted by atomic mass is 10.2. The van der Waals surface area contributed by atoms with Crippen LogP contribution in [0.3, 0.4) is 0 Å². The van der Waals surface area contributed by atoms with Crippen molar-refractivity contribution in [1.29, 1.82) is 0 Å². The molecule has 0 amide bonds. The van der Waals surface area contributed by atoms with Crippen LogP contribution in [-0.2, 0) is 0 Å². The molecule has 0 saturated heterocycles. The Morgan fingerprint density at radius 3 is 2.16 bits per heavy atom. The van der Waals surface area contributed by atoms with E-state index < -0.39 is 0 Å². The monoisotopic (exact) mass is 280 g/mol. The third-order valence-corrected chi connectivity index (χ3v) is 3.13. The molecule has 0 fully saturated rings. The summed E-state index contributed by atoms with van der Waals surface area (Å²) in [5.41, 5.74) is 6.43. The molecular weight excluding hydrogens is 256 g/mol. The van der Waals surface area contributed by atoms with Gasteiger partial charge in [0, 0.05) is 12.1 Å². The van der Waals surface area contributed by atoms with Crippen molar-refractivity contribution in [2.45, 2.75) is 26.7 Å². The number of ether oxygens (including phenoxy) is 1. The fraction of sp³-hybridized carbons (Fsp3) is 0.533. The van der Waals surface area contributed by atoms with Gasteiger partial charge in [-0.1, -0.05) is 26.1 Å². The van der Waals surface area contributed by atoms with Gasteiger partial charge in [-0.15, -0.1) is 0 Å². The molecule has 0 atom stereocenters. The highest BCUT2D eigenvalue weighted by molar-refractivity contribution is 7.80. The van der Waals surface area contributed by atoms with Crippen molar-refractivity contribution in [2.24, 2.45) is 5.73 Å². The molecule has 0 heterocycles. The molecule has 2 N–H and O–H groups in total. The lowest BCUT2D eigenvalue weighted by Gasteiger charge is -2.20. The molecule has 0 aromatic heterocycles. The van der Waals surface area contributed by atoms with Crippen LogP contribution in [0.2, 0.25) is 0 Å². The largest absolute Gasteiger partial charge is 0.492 e. The number of nitrogens with zero attached hydrogens (tertiary/aromatic N) is 1. The summed E-state index contributed by atoms with van der Waals surface area (Å²) in [6, 6.07) is 7.62. The average molecular weight is 280 g/mol. The van der Waals surface area contributed by atoms with Gasteiger partial charge in [-0.05, 0) is 50.2 Å². The Morgan fingerprint density at radius 2 is 1.68 bits per heavy atom. The molecule has 0 spiro atoms. The molecule has 0 aliphatic carbocycles. The number of rotatable bonds is 9. The van der Waals surface area contributed by atoms with E-state index in [-0.39, 0.29) is 0 Å². The van der Waals surface area contributed by atoms with Crippen LogP contribution in [0.5, 0.6) is 5.75 Å². The molecule has 1 rings (SSSR count). The minimum absolute atomic E-state index is 0.420. The molecule has 1 aromatic rings. The minimum atomic E-state index is 0.420. The van der Waals surface area contributed by atoms with Gasteiger partial charge >= 0.3 is 0 Å². The maximum absolute atomic E-state index is 5.74. The Kier molecular flexibility index (Phi) is 7.45. The van der Waals surface area contributed by atoms with Gasteiger partial charge in [-0.25, -0.2) is 0 Å². The number of nitrogens with two attached hydrogens (primary N) is 1. The van der Waals surface area contributed by atoms with E-state index in [0.717, 1.165) is 30.9 Å². The lowest BCUT2D eigenvalue weighted by molar-refractivity contribution is 0.209. The van der Waals surface area contributed by atoms with Gasteiger partial charge in [-0.3, -0.25) is 4.90 Å². The molecule has 0 saturated carbocycles. The van der Waals surface area contributed by atoms with Gasteiger partial charge in [0.1, 0.15) is 17.3 Å². The molecule has 3 nitrogen and oxygen atoms in total. The van der Waals surface area contributed by atoms with Crippen molar-refractivity contribution >= 4 is 17.2 Å². The third kappa shape index (κ3) is 6.03. The Hall–Kier alpha value is -1.13. The average Bonchev–Trinajstić information content (AvgIpc) is 2.40. The van der Waals surface area contributed by atoms with E-state index in [2.05, 4.69) is 18.7 Å². The minimum Gasteiger partial charge on any atom is -0.492 e. The predicted molar refractivity (Wildman–Crippen MR) is 84.8 cm³/mol. The van der Waals surface area contributed by atoms with Gasteiger partial charge in [0.25, 0.3) is 0 Å². The Labute approximate surface area is 121 Å². The van der Waals surface area contributed by atoms with E-state index >= 15 is 0 Å². The summed E-state index contributed by atoms with van der Waals surface area (Å²) >= 11 is 4.92. The first-order chi connectivity index (χ1) is 9.17. The second-order valence-electron chi connectivity index (χ2n) is 4.58. The molecule has 4 heteroatoms. The Morgan fingerprint density at radius 1 is 1.11 bits per heavy atom. The van der Waals surface area contributed by atoms with Gasteiger partial charge in [-0.2, -0.15) is 0 Å². The molecule has 19 heavy (non-hydrogen) atoms. The highest BCUT2D eigenvalue weighted by Gasteiger charge is 2.03. The van der Waals surface area contributed by atoms with Crippen LogP contribution in [0.15, 0.2) is 24.3 Å². The van der Waals surface area contributed by atoms with Crippen LogP contribution in [-0.4, -0.2) is 36.1 Å². The molecule has 0 bridgehead atoms. The lowest BCUT2D eigenvalue weighted by Crippen LogP contribution is -2.30. The summed E-state index contributed by atoms with van der Waals surface area (Å²) < 4.78 is 5.74. The highest BCUT2D eigenvalue weighted by Crippen LogP contribution is 2.12. The summed E-state index contributed by atoms with van der Waals surface area (Å²) in [5.74, 6) is 0.868. The molecule has 1 aromatic carbocycles. The van der Waals surface area contributed by atoms with Crippen LogP contribution >= 0.6 is 12.2 Å². The first-order valence-corrected chi connectivity index (χ1v) is 7.33. The van der Waals surface area contributed by atoms with E-state index in [9.17, 15) is 0 Å². The Balaban J connectivity index is 2.37. The van der Waals surface area contributed by atoms with E-state index in [4.69, 9.17) is 22.7 Å². The fourth-order valence-electron chi connectivity index (χ4n) is 1.98. The highest BCUT2D eigenvalue weighted by atomic mass is 32.1. The number of thiocarbonyl (C=S) groups is 1. The standard InChI is InChI=1S/C15H24N2OS/c1-3-9-17(10-4-2)11-12-18-14-7-5-13(6-8-14)15(16)19/h5-8H,3-4,9-12H2,1-2H3,(H2,16,19). The normalized spacial score (nSPS) is 10.7. The predicted octanol–water partition coefficient (Wildman–Crippen LogP) is 2.82. The first kappa shape index (κ1) is 15.9. The smallest absolute Gasteiger partial charge is 0.119 e. The van der Waals surface area contributed by atoms with Crippen molar-refractivity contribution < 1.29 is 4.74 Å². The van der Waals surface area contributed by atoms with E-state index in [1.165, 1.54) is 12.8 Å². The molecule has 0 unspecified atom stereocenters. The summed E-state index contributed by atoms with van der Waals surface area (Å²) in [7, 11) is 0. The summed E-state index contributed by atoms with van der Waals surface area (Å²) in [6.07, 6.45) is 2.37. The SMILES string of the molecule is CCCN(CCC)CCOc1ccc(C(N)=S)cc1. The summed E-state index contributed by atoms with van der Waals surface area (Å²) in [4.78, 5) is 2.85. The number of hydrogen-bond acceptors (Lipinski definition) is 3. The van der Waals surface area contributed by atoms with Crippen LogP contribution in [0.4, 0.5) is 0 Å². The molecule has 0 aliphatic rings. The second kappa shape index (κ2) is 8.88. The fourth-order valence-corrected chi connectivity index (χ4v) is 2.11. The first-order valence-electron chi connectivity index (χ1n) is 6.92. The van der Waals surface area contributed by atoms with Gasteiger partial charge < -0.3 is 10.5 Å². The number of hydrogen-bond donors (Lipinski definition) is 1. The van der Waals surface area contributed by atoms with Crippen molar-refractivity contribution in [2.75, 3.05) is 26.2 Å². The zero-order valence-electron chi connectivity index (χ0n) is 11.9. The van der Waals surface area contributed by atoms with E-state index in [0.29, 0.717) is 11.6 Å². The maximum Gasteiger partial charge on any atom is 0.119 e. The van der Waals surface area contributed by atoms with Gasteiger partial charge in [0.15, 0.2) is 0 Å². The zero-order valence-corrected chi connectivity index (χ0v) is 12.7. The molecule has 106 valence electrons. The van der Waals surface area contributed by atoms with Crippen molar-refractivity contribution in [3.63, 3.8) is 0 Å².